The van der Waals surface area contributed by atoms with Crippen LogP contribution in [0.25, 0.3) is 0 Å². The Bertz CT molecular complexity index is 381. The summed E-state index contributed by atoms with van der Waals surface area (Å²) >= 11 is 0. The Morgan fingerprint density at radius 1 is 1.17 bits per heavy atom. The van der Waals surface area contributed by atoms with E-state index in [2.05, 4.69) is 0 Å². The second-order valence-electron chi connectivity index (χ2n) is 4.83. The number of hydrogen-bond donors (Lipinski definition) is 2. The van der Waals surface area contributed by atoms with E-state index < -0.39 is 12.2 Å². The summed E-state index contributed by atoms with van der Waals surface area (Å²) in [4.78, 5) is 11.4. The average Bonchev–Trinajstić information content (AvgIpc) is 2.27. The lowest BCUT2D eigenvalue weighted by atomic mass is 10.1. The number of carbonyl (C=O) groups excluding carboxylic acids is 1. The standard InChI is InChI=1S/C14H20O4/c1-9(2)8-13(16)18-12-6-4-11(5-7-12)14(17)10(3)15/h4-7,9-10,14-15,17H,8H2,1-3H3/t10-,14-/m1/s1. The molecular formula is C14H20O4. The van der Waals surface area contributed by atoms with E-state index in [1.165, 1.54) is 6.92 Å². The fourth-order valence-electron chi connectivity index (χ4n) is 1.52. The third kappa shape index (κ3) is 4.47. The van der Waals surface area contributed by atoms with Crippen LogP contribution in [-0.4, -0.2) is 22.3 Å². The molecule has 0 aliphatic carbocycles. The van der Waals surface area contributed by atoms with Crippen molar-refractivity contribution in [3.05, 3.63) is 29.8 Å². The largest absolute Gasteiger partial charge is 0.427 e. The molecule has 100 valence electrons. The van der Waals surface area contributed by atoms with Crippen LogP contribution in [0.15, 0.2) is 24.3 Å². The predicted octanol–water partition coefficient (Wildman–Crippen LogP) is 2.05. The SMILES string of the molecule is CC(C)CC(=O)Oc1ccc([C@H](O)[C@@H](C)O)cc1. The molecule has 2 atom stereocenters. The van der Waals surface area contributed by atoms with Gasteiger partial charge in [0.15, 0.2) is 0 Å². The number of hydrogen-bond acceptors (Lipinski definition) is 4. The molecule has 1 aromatic carbocycles. The lowest BCUT2D eigenvalue weighted by Crippen LogP contribution is -2.14. The van der Waals surface area contributed by atoms with Gasteiger partial charge in [-0.15, -0.1) is 0 Å². The molecule has 0 bridgehead atoms. The minimum atomic E-state index is -0.926. The van der Waals surface area contributed by atoms with Crippen molar-refractivity contribution in [3.63, 3.8) is 0 Å². The maximum atomic E-state index is 11.4. The number of ether oxygens (including phenoxy) is 1. The first-order chi connectivity index (χ1) is 8.40. The van der Waals surface area contributed by atoms with Gasteiger partial charge in [0, 0.05) is 6.42 Å². The Balaban J connectivity index is 2.63. The molecular weight excluding hydrogens is 232 g/mol. The molecule has 1 aromatic rings. The number of aliphatic hydroxyl groups excluding tert-OH is 2. The van der Waals surface area contributed by atoms with Crippen LogP contribution in [-0.2, 0) is 4.79 Å². The fourth-order valence-corrected chi connectivity index (χ4v) is 1.52. The van der Waals surface area contributed by atoms with Crippen LogP contribution in [0.1, 0.15) is 38.9 Å². The number of carbonyl (C=O) groups is 1. The van der Waals surface area contributed by atoms with Crippen molar-refractivity contribution in [3.8, 4) is 5.75 Å². The minimum absolute atomic E-state index is 0.258. The first kappa shape index (κ1) is 14.7. The lowest BCUT2D eigenvalue weighted by Gasteiger charge is -2.14. The van der Waals surface area contributed by atoms with Gasteiger partial charge in [-0.3, -0.25) is 4.79 Å². The van der Waals surface area contributed by atoms with Crippen LogP contribution in [0.4, 0.5) is 0 Å². The fraction of sp³-hybridized carbons (Fsp3) is 0.500. The van der Waals surface area contributed by atoms with Gasteiger partial charge in [0.05, 0.1) is 6.10 Å². The van der Waals surface area contributed by atoms with Gasteiger partial charge in [-0.05, 0) is 30.5 Å². The number of esters is 1. The molecule has 0 radical (unpaired) electrons. The summed E-state index contributed by atoms with van der Waals surface area (Å²) in [5, 5.41) is 18.9. The molecule has 0 saturated carbocycles. The van der Waals surface area contributed by atoms with Gasteiger partial charge < -0.3 is 14.9 Å². The van der Waals surface area contributed by atoms with E-state index in [0.717, 1.165) is 0 Å². The van der Waals surface area contributed by atoms with Gasteiger partial charge in [0.2, 0.25) is 0 Å². The first-order valence-electron chi connectivity index (χ1n) is 6.07. The Morgan fingerprint density at radius 2 is 1.72 bits per heavy atom. The molecule has 0 aliphatic heterocycles. The minimum Gasteiger partial charge on any atom is -0.427 e. The summed E-state index contributed by atoms with van der Waals surface area (Å²) in [5.74, 6) is 0.435. The summed E-state index contributed by atoms with van der Waals surface area (Å²) in [6, 6.07) is 6.49. The lowest BCUT2D eigenvalue weighted by molar-refractivity contribution is -0.135. The smallest absolute Gasteiger partial charge is 0.311 e. The average molecular weight is 252 g/mol. The van der Waals surface area contributed by atoms with Crippen LogP contribution < -0.4 is 4.74 Å². The second-order valence-corrected chi connectivity index (χ2v) is 4.83. The molecule has 1 rings (SSSR count). The van der Waals surface area contributed by atoms with Crippen molar-refractivity contribution >= 4 is 5.97 Å². The molecule has 0 aromatic heterocycles. The summed E-state index contributed by atoms with van der Waals surface area (Å²) in [6.45, 7) is 5.41. The van der Waals surface area contributed by atoms with Crippen molar-refractivity contribution in [1.82, 2.24) is 0 Å². The van der Waals surface area contributed by atoms with E-state index in [4.69, 9.17) is 4.74 Å². The van der Waals surface area contributed by atoms with Crippen LogP contribution in [0.5, 0.6) is 5.75 Å². The van der Waals surface area contributed by atoms with E-state index >= 15 is 0 Å². The molecule has 2 N–H and O–H groups in total. The van der Waals surface area contributed by atoms with Crippen molar-refractivity contribution in [1.29, 1.82) is 0 Å². The van der Waals surface area contributed by atoms with Gasteiger partial charge in [0.1, 0.15) is 11.9 Å². The molecule has 0 heterocycles. The quantitative estimate of drug-likeness (QED) is 0.621. The third-order valence-corrected chi connectivity index (χ3v) is 2.49. The maximum Gasteiger partial charge on any atom is 0.311 e. The highest BCUT2D eigenvalue weighted by Gasteiger charge is 2.14. The predicted molar refractivity (Wildman–Crippen MR) is 68.2 cm³/mol. The summed E-state index contributed by atoms with van der Waals surface area (Å²) < 4.78 is 5.14. The number of benzene rings is 1. The Labute approximate surface area is 107 Å². The monoisotopic (exact) mass is 252 g/mol. The van der Waals surface area contributed by atoms with Crippen LogP contribution in [0, 0.1) is 5.92 Å². The van der Waals surface area contributed by atoms with Crippen molar-refractivity contribution in [2.24, 2.45) is 5.92 Å². The summed E-state index contributed by atoms with van der Waals surface area (Å²) in [7, 11) is 0. The normalized spacial score (nSPS) is 14.3. The van der Waals surface area contributed by atoms with Crippen molar-refractivity contribution < 1.29 is 19.7 Å². The van der Waals surface area contributed by atoms with Gasteiger partial charge in [-0.1, -0.05) is 26.0 Å². The van der Waals surface area contributed by atoms with E-state index in [-0.39, 0.29) is 11.9 Å². The zero-order valence-corrected chi connectivity index (χ0v) is 11.0. The number of aliphatic hydroxyl groups is 2. The molecule has 0 spiro atoms. The van der Waals surface area contributed by atoms with Crippen LogP contribution in [0.3, 0.4) is 0 Å². The van der Waals surface area contributed by atoms with Crippen molar-refractivity contribution in [2.75, 3.05) is 0 Å². The summed E-state index contributed by atoms with van der Waals surface area (Å²) in [5.41, 5.74) is 0.591. The zero-order chi connectivity index (χ0) is 13.7. The van der Waals surface area contributed by atoms with Gasteiger partial charge >= 0.3 is 5.97 Å². The molecule has 0 unspecified atom stereocenters. The third-order valence-electron chi connectivity index (χ3n) is 2.49. The second kappa shape index (κ2) is 6.52. The molecule has 4 nitrogen and oxygen atoms in total. The Kier molecular flexibility index (Phi) is 5.31. The highest BCUT2D eigenvalue weighted by molar-refractivity contribution is 5.72. The van der Waals surface area contributed by atoms with Crippen LogP contribution >= 0.6 is 0 Å². The van der Waals surface area contributed by atoms with Crippen LogP contribution in [0.2, 0.25) is 0 Å². The first-order valence-corrected chi connectivity index (χ1v) is 6.07. The highest BCUT2D eigenvalue weighted by atomic mass is 16.5. The van der Waals surface area contributed by atoms with Gasteiger partial charge in [-0.2, -0.15) is 0 Å². The van der Waals surface area contributed by atoms with Gasteiger partial charge in [-0.25, -0.2) is 0 Å². The maximum absolute atomic E-state index is 11.4. The molecule has 4 heteroatoms. The van der Waals surface area contributed by atoms with E-state index in [1.54, 1.807) is 24.3 Å². The molecule has 18 heavy (non-hydrogen) atoms. The van der Waals surface area contributed by atoms with Gasteiger partial charge in [0.25, 0.3) is 0 Å². The van der Waals surface area contributed by atoms with Crippen molar-refractivity contribution in [2.45, 2.75) is 39.4 Å². The summed E-state index contributed by atoms with van der Waals surface area (Å²) in [6.07, 6.45) is -1.39. The Morgan fingerprint density at radius 3 is 2.17 bits per heavy atom. The highest BCUT2D eigenvalue weighted by Crippen LogP contribution is 2.20. The molecule has 0 fully saturated rings. The Hall–Kier alpha value is -1.39. The molecule has 0 amide bonds. The zero-order valence-electron chi connectivity index (χ0n) is 11.0. The van der Waals surface area contributed by atoms with E-state index in [1.807, 2.05) is 13.8 Å². The molecule has 0 saturated heterocycles. The molecule has 0 aliphatic rings. The van der Waals surface area contributed by atoms with E-state index in [0.29, 0.717) is 17.7 Å². The topological polar surface area (TPSA) is 66.8 Å². The van der Waals surface area contributed by atoms with E-state index in [9.17, 15) is 15.0 Å². The number of rotatable bonds is 5.